The van der Waals surface area contributed by atoms with Gasteiger partial charge in [0.05, 0.1) is 5.56 Å². The van der Waals surface area contributed by atoms with Crippen LogP contribution in [0, 0.1) is 13.8 Å². The predicted molar refractivity (Wildman–Crippen MR) is 112 cm³/mol. The number of hydrogen-bond acceptors (Lipinski definition) is 3. The van der Waals surface area contributed by atoms with Crippen molar-refractivity contribution in [1.29, 1.82) is 0 Å². The summed E-state index contributed by atoms with van der Waals surface area (Å²) in [6.07, 6.45) is -3.65. The quantitative estimate of drug-likeness (QED) is 0.537. The van der Waals surface area contributed by atoms with Crippen molar-refractivity contribution in [2.24, 2.45) is 0 Å². The Morgan fingerprint density at radius 1 is 1.00 bits per heavy atom. The molecule has 0 aliphatic carbocycles. The van der Waals surface area contributed by atoms with E-state index < -0.39 is 18.4 Å². The highest BCUT2D eigenvalue weighted by molar-refractivity contribution is 5.94. The van der Waals surface area contributed by atoms with E-state index in [-0.39, 0.29) is 35.3 Å². The summed E-state index contributed by atoms with van der Waals surface area (Å²) in [5.74, 6) is -0.0984. The van der Waals surface area contributed by atoms with Crippen molar-refractivity contribution < 1.29 is 31.5 Å². The Morgan fingerprint density at radius 2 is 1.67 bits per heavy atom. The molecular weight excluding hydrogens is 443 g/mol. The second kappa shape index (κ2) is 8.59. The van der Waals surface area contributed by atoms with Gasteiger partial charge in [0.25, 0.3) is 5.91 Å². The lowest BCUT2D eigenvalue weighted by Gasteiger charge is -2.38. The molecule has 0 unspecified atom stereocenters. The van der Waals surface area contributed by atoms with Crippen LogP contribution in [0.15, 0.2) is 36.4 Å². The number of rotatable bonds is 5. The first kappa shape index (κ1) is 23.5. The Hall–Kier alpha value is -2.68. The summed E-state index contributed by atoms with van der Waals surface area (Å²) in [7, 11) is 0. The van der Waals surface area contributed by atoms with Gasteiger partial charge in [0.15, 0.2) is 0 Å². The Morgan fingerprint density at radius 3 is 2.21 bits per heavy atom. The third-order valence-electron chi connectivity index (χ3n) is 6.95. The third kappa shape index (κ3) is 4.43. The summed E-state index contributed by atoms with van der Waals surface area (Å²) in [4.78, 5) is 17.0. The van der Waals surface area contributed by atoms with Crippen molar-refractivity contribution in [2.75, 3.05) is 13.1 Å². The lowest BCUT2D eigenvalue weighted by Crippen LogP contribution is -2.49. The summed E-state index contributed by atoms with van der Waals surface area (Å²) < 4.78 is 68.2. The van der Waals surface area contributed by atoms with Crippen LogP contribution < -0.4 is 4.74 Å². The van der Waals surface area contributed by atoms with Gasteiger partial charge in [-0.3, -0.25) is 9.69 Å². The maximum absolute atomic E-state index is 12.9. The number of likely N-dealkylation sites (tertiary alicyclic amines) is 2. The average molecular weight is 468 g/mol. The first-order chi connectivity index (χ1) is 15.5. The zero-order valence-electron chi connectivity index (χ0n) is 18.5. The predicted octanol–water partition coefficient (Wildman–Crippen LogP) is 5.58. The van der Waals surface area contributed by atoms with Gasteiger partial charge in [-0.1, -0.05) is 6.07 Å². The van der Waals surface area contributed by atoms with Gasteiger partial charge in [-0.25, -0.2) is 0 Å². The maximum atomic E-state index is 12.9. The van der Waals surface area contributed by atoms with E-state index in [1.165, 1.54) is 12.1 Å². The van der Waals surface area contributed by atoms with Crippen molar-refractivity contribution in [1.82, 2.24) is 9.80 Å². The van der Waals surface area contributed by atoms with Crippen molar-refractivity contribution >= 4 is 5.91 Å². The topological polar surface area (TPSA) is 32.8 Å². The molecule has 0 spiro atoms. The number of benzene rings is 2. The minimum atomic E-state index is -4.44. The van der Waals surface area contributed by atoms with Crippen LogP contribution in [0.4, 0.5) is 22.0 Å². The normalized spacial score (nSPS) is 21.7. The van der Waals surface area contributed by atoms with Gasteiger partial charge >= 0.3 is 12.8 Å². The first-order valence-electron chi connectivity index (χ1n) is 10.8. The Balaban J connectivity index is 1.45. The van der Waals surface area contributed by atoms with Crippen LogP contribution in [0.2, 0.25) is 0 Å². The number of carbonyl (C=O) groups is 1. The minimum absolute atomic E-state index is 0.0163. The molecule has 0 aromatic heterocycles. The van der Waals surface area contributed by atoms with E-state index >= 15 is 0 Å². The monoisotopic (exact) mass is 468 g/mol. The average Bonchev–Trinajstić information content (AvgIpc) is 3.36. The molecule has 2 aliphatic rings. The fourth-order valence-corrected chi connectivity index (χ4v) is 5.06. The van der Waals surface area contributed by atoms with Gasteiger partial charge in [-0.05, 0) is 74.2 Å². The number of alkyl halides is 5. The molecule has 1 amide bonds. The lowest BCUT2D eigenvalue weighted by atomic mass is 9.96. The number of carbonyl (C=O) groups excluding carboxylic acids is 1. The number of ether oxygens (including phenoxy) is 1. The third-order valence-corrected chi connectivity index (χ3v) is 6.95. The lowest BCUT2D eigenvalue weighted by molar-refractivity contribution is -0.137. The molecule has 4 rings (SSSR count). The Labute approximate surface area is 188 Å². The number of fused-ring (bicyclic) bond motifs is 2. The molecule has 2 fully saturated rings. The molecule has 9 heteroatoms. The molecule has 0 radical (unpaired) electrons. The van der Waals surface area contributed by atoms with Gasteiger partial charge in [0.1, 0.15) is 5.75 Å². The van der Waals surface area contributed by atoms with Gasteiger partial charge < -0.3 is 9.64 Å². The standard InChI is InChI=1S/C24H25F5N2O2/c1-13-14(2)21(33-23(25)26)9-8-20(13)15(3)30-11-19-10-18(30)12-31(19)22(32)16-4-6-17(7-5-16)24(27,28)29/h4-9,15,18-19,23H,10-12H2,1-3H3/t15-,18-,19-/m0/s1. The summed E-state index contributed by atoms with van der Waals surface area (Å²) in [6.45, 7) is 3.95. The molecule has 0 saturated carbocycles. The highest BCUT2D eigenvalue weighted by Crippen LogP contribution is 2.40. The molecule has 2 bridgehead atoms. The van der Waals surface area contributed by atoms with Crippen LogP contribution >= 0.6 is 0 Å². The van der Waals surface area contributed by atoms with Gasteiger partial charge in [0, 0.05) is 36.8 Å². The molecule has 178 valence electrons. The van der Waals surface area contributed by atoms with E-state index in [1.54, 1.807) is 17.9 Å². The van der Waals surface area contributed by atoms with Crippen LogP contribution in [0.3, 0.4) is 0 Å². The number of amides is 1. The van der Waals surface area contributed by atoms with Crippen molar-refractivity contribution in [2.45, 2.75) is 58.1 Å². The van der Waals surface area contributed by atoms with Gasteiger partial charge in [0.2, 0.25) is 0 Å². The molecule has 2 heterocycles. The fourth-order valence-electron chi connectivity index (χ4n) is 5.06. The zero-order chi connectivity index (χ0) is 24.1. The Bertz CT molecular complexity index is 1040. The summed E-state index contributed by atoms with van der Waals surface area (Å²) in [6, 6.07) is 7.82. The molecule has 2 aromatic rings. The van der Waals surface area contributed by atoms with E-state index in [2.05, 4.69) is 16.6 Å². The van der Waals surface area contributed by atoms with E-state index in [0.29, 0.717) is 18.7 Å². The SMILES string of the molecule is Cc1c(OC(F)F)ccc([C@H](C)N2C[C@@H]3C[C@H]2CN3C(=O)c2ccc(C(F)(F)F)cc2)c1C. The largest absolute Gasteiger partial charge is 0.435 e. The Kier molecular flexibility index (Phi) is 6.11. The van der Waals surface area contributed by atoms with Gasteiger partial charge in [-0.15, -0.1) is 0 Å². The maximum Gasteiger partial charge on any atom is 0.416 e. The summed E-state index contributed by atoms with van der Waals surface area (Å²) in [5, 5.41) is 0. The summed E-state index contributed by atoms with van der Waals surface area (Å²) in [5.41, 5.74) is 2.04. The minimum Gasteiger partial charge on any atom is -0.435 e. The highest BCUT2D eigenvalue weighted by atomic mass is 19.4. The molecular formula is C24H25F5N2O2. The number of halogens is 5. The molecule has 2 saturated heterocycles. The molecule has 2 aliphatic heterocycles. The highest BCUT2D eigenvalue weighted by Gasteiger charge is 2.47. The van der Waals surface area contributed by atoms with E-state index in [4.69, 9.17) is 0 Å². The van der Waals surface area contributed by atoms with Crippen molar-refractivity contribution in [3.63, 3.8) is 0 Å². The molecule has 4 nitrogen and oxygen atoms in total. The van der Waals surface area contributed by atoms with E-state index in [9.17, 15) is 26.7 Å². The molecule has 33 heavy (non-hydrogen) atoms. The molecule has 3 atom stereocenters. The zero-order valence-corrected chi connectivity index (χ0v) is 18.5. The van der Waals surface area contributed by atoms with E-state index in [1.807, 2.05) is 13.0 Å². The fraction of sp³-hybridized carbons (Fsp3) is 0.458. The van der Waals surface area contributed by atoms with Crippen LogP contribution in [0.25, 0.3) is 0 Å². The second-order valence-corrected chi connectivity index (χ2v) is 8.73. The number of nitrogens with zero attached hydrogens (tertiary/aromatic N) is 2. The first-order valence-corrected chi connectivity index (χ1v) is 10.8. The smallest absolute Gasteiger partial charge is 0.416 e. The van der Waals surface area contributed by atoms with Crippen molar-refractivity contribution in [3.8, 4) is 5.75 Å². The van der Waals surface area contributed by atoms with Crippen LogP contribution in [-0.2, 0) is 6.18 Å². The van der Waals surface area contributed by atoms with Gasteiger partial charge in [-0.2, -0.15) is 22.0 Å². The van der Waals surface area contributed by atoms with E-state index in [0.717, 1.165) is 29.7 Å². The second-order valence-electron chi connectivity index (χ2n) is 8.73. The van der Waals surface area contributed by atoms with Crippen LogP contribution in [0.5, 0.6) is 5.75 Å². The summed E-state index contributed by atoms with van der Waals surface area (Å²) >= 11 is 0. The molecule has 0 N–H and O–H groups in total. The van der Waals surface area contributed by atoms with Crippen LogP contribution in [-0.4, -0.2) is 47.5 Å². The number of piperazine rings is 1. The van der Waals surface area contributed by atoms with Crippen molar-refractivity contribution in [3.05, 3.63) is 64.2 Å². The molecule has 2 aromatic carbocycles. The van der Waals surface area contributed by atoms with Crippen LogP contribution in [0.1, 0.15) is 52.0 Å². The number of hydrogen-bond donors (Lipinski definition) is 0.